The molecule has 0 aliphatic heterocycles. The first-order valence-corrected chi connectivity index (χ1v) is 5.98. The largest absolute Gasteiger partial charge is 0.495 e. The fraction of sp³-hybridized carbons (Fsp3) is 0.231. The zero-order chi connectivity index (χ0) is 14.3. The van der Waals surface area contributed by atoms with E-state index in [2.05, 4.69) is 10.6 Å². The standard InChI is InChI=1S/C13H14ClN3O2/c1-3-16-8-9(7-15)13(18)17-10-4-5-12(19-2)11(14)6-10/h4-6,8,16H,3H2,1-2H3,(H,17,18)/b9-8-. The third-order valence-electron chi connectivity index (χ3n) is 2.23. The number of hydrogen-bond donors (Lipinski definition) is 2. The highest BCUT2D eigenvalue weighted by atomic mass is 35.5. The molecule has 0 aliphatic carbocycles. The summed E-state index contributed by atoms with van der Waals surface area (Å²) in [6.45, 7) is 2.50. The van der Waals surface area contributed by atoms with E-state index in [1.54, 1.807) is 18.2 Å². The highest BCUT2D eigenvalue weighted by molar-refractivity contribution is 6.32. The van der Waals surface area contributed by atoms with Crippen LogP contribution < -0.4 is 15.4 Å². The molecule has 0 unspecified atom stereocenters. The average molecular weight is 280 g/mol. The number of nitrogens with zero attached hydrogens (tertiary/aromatic N) is 1. The summed E-state index contributed by atoms with van der Waals surface area (Å²) in [5.41, 5.74) is 0.488. The van der Waals surface area contributed by atoms with Crippen molar-refractivity contribution in [3.05, 3.63) is 35.0 Å². The van der Waals surface area contributed by atoms with Crippen LogP contribution >= 0.6 is 11.6 Å². The molecule has 0 aliphatic rings. The molecule has 0 bridgehead atoms. The predicted molar refractivity (Wildman–Crippen MR) is 74.0 cm³/mol. The van der Waals surface area contributed by atoms with E-state index in [-0.39, 0.29) is 5.57 Å². The molecule has 1 aromatic carbocycles. The second-order valence-electron chi connectivity index (χ2n) is 3.53. The second kappa shape index (κ2) is 7.29. The average Bonchev–Trinajstić information content (AvgIpc) is 2.40. The summed E-state index contributed by atoms with van der Waals surface area (Å²) in [5, 5.41) is 14.6. The quantitative estimate of drug-likeness (QED) is 0.641. The Morgan fingerprint density at radius 2 is 2.32 bits per heavy atom. The summed E-state index contributed by atoms with van der Waals surface area (Å²) in [7, 11) is 1.51. The number of benzene rings is 1. The van der Waals surface area contributed by atoms with E-state index in [1.807, 2.05) is 13.0 Å². The van der Waals surface area contributed by atoms with Crippen molar-refractivity contribution in [1.82, 2.24) is 5.32 Å². The molecule has 100 valence electrons. The van der Waals surface area contributed by atoms with E-state index < -0.39 is 5.91 Å². The van der Waals surface area contributed by atoms with Crippen molar-refractivity contribution in [1.29, 1.82) is 5.26 Å². The molecule has 0 saturated heterocycles. The minimum absolute atomic E-state index is 0.00575. The Morgan fingerprint density at radius 1 is 1.58 bits per heavy atom. The molecule has 5 nitrogen and oxygen atoms in total. The van der Waals surface area contributed by atoms with Gasteiger partial charge in [-0.05, 0) is 25.1 Å². The summed E-state index contributed by atoms with van der Waals surface area (Å²) < 4.78 is 5.01. The monoisotopic (exact) mass is 279 g/mol. The lowest BCUT2D eigenvalue weighted by molar-refractivity contribution is -0.112. The molecular formula is C13H14ClN3O2. The summed E-state index contributed by atoms with van der Waals surface area (Å²) >= 11 is 5.94. The van der Waals surface area contributed by atoms with Crippen molar-refractivity contribution in [3.8, 4) is 11.8 Å². The number of ether oxygens (including phenoxy) is 1. The molecule has 0 radical (unpaired) electrons. The number of carbonyl (C=O) groups is 1. The lowest BCUT2D eigenvalue weighted by Gasteiger charge is -2.07. The third kappa shape index (κ3) is 4.19. The van der Waals surface area contributed by atoms with Crippen molar-refractivity contribution in [2.75, 3.05) is 19.0 Å². The van der Waals surface area contributed by atoms with Crippen molar-refractivity contribution >= 4 is 23.2 Å². The number of hydrogen-bond acceptors (Lipinski definition) is 4. The Balaban J connectivity index is 2.82. The smallest absolute Gasteiger partial charge is 0.267 e. The van der Waals surface area contributed by atoms with Gasteiger partial charge in [-0.3, -0.25) is 4.79 Å². The first kappa shape index (κ1) is 14.9. The Kier molecular flexibility index (Phi) is 5.71. The number of amides is 1. The van der Waals surface area contributed by atoms with Gasteiger partial charge in [-0.25, -0.2) is 0 Å². The van der Waals surface area contributed by atoms with Crippen LogP contribution in [0.3, 0.4) is 0 Å². The number of halogens is 1. The summed E-state index contributed by atoms with van der Waals surface area (Å²) in [6, 6.07) is 6.66. The summed E-state index contributed by atoms with van der Waals surface area (Å²) in [6.07, 6.45) is 1.38. The molecule has 2 N–H and O–H groups in total. The molecule has 0 fully saturated rings. The van der Waals surface area contributed by atoms with Crippen molar-refractivity contribution in [3.63, 3.8) is 0 Å². The molecule has 1 aromatic rings. The number of anilines is 1. The highest BCUT2D eigenvalue weighted by Crippen LogP contribution is 2.27. The van der Waals surface area contributed by atoms with Gasteiger partial charge in [0.2, 0.25) is 0 Å². The minimum Gasteiger partial charge on any atom is -0.495 e. The number of carbonyl (C=O) groups excluding carboxylic acids is 1. The van der Waals surface area contributed by atoms with Crippen molar-refractivity contribution < 1.29 is 9.53 Å². The van der Waals surface area contributed by atoms with Gasteiger partial charge in [0.25, 0.3) is 5.91 Å². The maximum atomic E-state index is 11.8. The van der Waals surface area contributed by atoms with Gasteiger partial charge in [0.15, 0.2) is 0 Å². The van der Waals surface area contributed by atoms with Crippen LogP contribution in [-0.4, -0.2) is 19.6 Å². The highest BCUT2D eigenvalue weighted by Gasteiger charge is 2.10. The number of methoxy groups -OCH3 is 1. The molecular weight excluding hydrogens is 266 g/mol. The topological polar surface area (TPSA) is 74.2 Å². The molecule has 6 heteroatoms. The lowest BCUT2D eigenvalue weighted by Crippen LogP contribution is -2.16. The van der Waals surface area contributed by atoms with Gasteiger partial charge in [-0.2, -0.15) is 5.26 Å². The first-order valence-electron chi connectivity index (χ1n) is 5.61. The molecule has 0 saturated carbocycles. The number of rotatable bonds is 5. The third-order valence-corrected chi connectivity index (χ3v) is 2.52. The van der Waals surface area contributed by atoms with Gasteiger partial charge in [-0.15, -0.1) is 0 Å². The molecule has 1 amide bonds. The Labute approximate surface area is 116 Å². The van der Waals surface area contributed by atoms with Crippen LogP contribution in [0.25, 0.3) is 0 Å². The fourth-order valence-electron chi connectivity index (χ4n) is 1.30. The van der Waals surface area contributed by atoms with Gasteiger partial charge < -0.3 is 15.4 Å². The molecule has 0 heterocycles. The SMILES string of the molecule is CCN/C=C(/C#N)C(=O)Nc1ccc(OC)c(Cl)c1. The molecule has 0 atom stereocenters. The van der Waals surface area contributed by atoms with Gasteiger partial charge >= 0.3 is 0 Å². The molecule has 0 spiro atoms. The molecule has 19 heavy (non-hydrogen) atoms. The van der Waals surface area contributed by atoms with Crippen molar-refractivity contribution in [2.24, 2.45) is 0 Å². The second-order valence-corrected chi connectivity index (χ2v) is 3.94. The van der Waals surface area contributed by atoms with Crippen LogP contribution in [0.5, 0.6) is 5.75 Å². The van der Waals surface area contributed by atoms with Crippen LogP contribution in [-0.2, 0) is 4.79 Å². The Hall–Kier alpha value is -2.19. The number of nitrogens with one attached hydrogen (secondary N) is 2. The Bertz CT molecular complexity index is 535. The van der Waals surface area contributed by atoms with Crippen LogP contribution in [0.4, 0.5) is 5.69 Å². The van der Waals surface area contributed by atoms with E-state index in [4.69, 9.17) is 21.6 Å². The van der Waals surface area contributed by atoms with E-state index >= 15 is 0 Å². The van der Waals surface area contributed by atoms with E-state index in [1.165, 1.54) is 13.3 Å². The fourth-order valence-corrected chi connectivity index (χ4v) is 1.55. The summed E-state index contributed by atoms with van der Waals surface area (Å²) in [4.78, 5) is 11.8. The maximum Gasteiger partial charge on any atom is 0.267 e. The van der Waals surface area contributed by atoms with Crippen LogP contribution in [0.15, 0.2) is 30.0 Å². The van der Waals surface area contributed by atoms with E-state index in [9.17, 15) is 4.79 Å². The summed E-state index contributed by atoms with van der Waals surface area (Å²) in [5.74, 6) is 0.0213. The normalized spacial score (nSPS) is 10.5. The van der Waals surface area contributed by atoms with Gasteiger partial charge in [0.05, 0.1) is 12.1 Å². The van der Waals surface area contributed by atoms with Gasteiger partial charge in [0, 0.05) is 18.4 Å². The van der Waals surface area contributed by atoms with Gasteiger partial charge in [-0.1, -0.05) is 11.6 Å². The van der Waals surface area contributed by atoms with E-state index in [0.717, 1.165) is 0 Å². The number of nitriles is 1. The van der Waals surface area contributed by atoms with E-state index in [0.29, 0.717) is 23.0 Å². The van der Waals surface area contributed by atoms with Crippen molar-refractivity contribution in [2.45, 2.75) is 6.92 Å². The first-order chi connectivity index (χ1) is 9.12. The molecule has 1 rings (SSSR count). The zero-order valence-electron chi connectivity index (χ0n) is 10.7. The Morgan fingerprint density at radius 3 is 2.84 bits per heavy atom. The van der Waals surface area contributed by atoms with Gasteiger partial charge in [0.1, 0.15) is 17.4 Å². The predicted octanol–water partition coefficient (Wildman–Crippen LogP) is 2.30. The molecule has 0 aromatic heterocycles. The maximum absolute atomic E-state index is 11.8. The minimum atomic E-state index is -0.496. The zero-order valence-corrected chi connectivity index (χ0v) is 11.4. The van der Waals surface area contributed by atoms with Crippen LogP contribution in [0.2, 0.25) is 5.02 Å². The van der Waals surface area contributed by atoms with Crippen LogP contribution in [0.1, 0.15) is 6.92 Å². The lowest BCUT2D eigenvalue weighted by atomic mass is 10.2. The van der Waals surface area contributed by atoms with Crippen LogP contribution in [0, 0.1) is 11.3 Å².